The van der Waals surface area contributed by atoms with Crippen LogP contribution in [0.4, 0.5) is 0 Å². The van der Waals surface area contributed by atoms with E-state index in [0.717, 1.165) is 94.0 Å². The van der Waals surface area contributed by atoms with Gasteiger partial charge in [0.1, 0.15) is 23.0 Å². The van der Waals surface area contributed by atoms with Crippen molar-refractivity contribution in [1.82, 2.24) is 9.13 Å². The van der Waals surface area contributed by atoms with E-state index in [9.17, 15) is 0 Å². The van der Waals surface area contributed by atoms with Gasteiger partial charge < -0.3 is 18.6 Å². The van der Waals surface area contributed by atoms with E-state index >= 15 is 0 Å². The van der Waals surface area contributed by atoms with Crippen LogP contribution in [0.5, 0.6) is 23.0 Å². The predicted octanol–water partition coefficient (Wildman–Crippen LogP) is 14.2. The molecule has 0 saturated heterocycles. The molecule has 0 unspecified atom stereocenters. The molecule has 67 heavy (non-hydrogen) atoms. The average molecular weight is 858 g/mol. The topological polar surface area (TPSA) is 28.3 Å². The molecule has 15 rings (SSSR count). The standard InChI is InChI=1S/C62H37BN2O2/c1-2-16-38(17-3-1)60-46-22-4-6-24-48(46)61(49-25-7-5-23-47(49)60)39-34-58-62-59(35-39)67-57-37-41(65-54-28-14-10-20-44(54)45-21-11-15-29-55(45)65)31-33-51(57)63(62)50-32-30-40(36-56(50)66-58)64-52-26-12-8-18-42(52)43-19-9-13-27-53(43)64/h1-37H/i1D,2D,3D,16D,17D. The van der Waals surface area contributed by atoms with Gasteiger partial charge in [0.2, 0.25) is 0 Å². The maximum Gasteiger partial charge on any atom is 0.260 e. The van der Waals surface area contributed by atoms with Crippen molar-refractivity contribution in [2.75, 3.05) is 0 Å². The number of nitrogens with zero attached hydrogens (tertiary/aromatic N) is 2. The second-order valence-corrected chi connectivity index (χ2v) is 17.5. The summed E-state index contributed by atoms with van der Waals surface area (Å²) in [6.07, 6.45) is 0. The minimum Gasteiger partial charge on any atom is -0.458 e. The summed E-state index contributed by atoms with van der Waals surface area (Å²) in [5, 5.41) is 7.97. The molecule has 0 N–H and O–H groups in total. The number of para-hydroxylation sites is 4. The van der Waals surface area contributed by atoms with Crippen molar-refractivity contribution in [3.8, 4) is 56.6 Å². The molecular formula is C62H37BN2O2. The Kier molecular flexibility index (Phi) is 6.61. The van der Waals surface area contributed by atoms with Crippen LogP contribution in [0, 0.1) is 0 Å². The summed E-state index contributed by atoms with van der Waals surface area (Å²) in [5.41, 5.74) is 12.0. The van der Waals surface area contributed by atoms with E-state index in [1.54, 1.807) is 0 Å². The van der Waals surface area contributed by atoms with Crippen molar-refractivity contribution >= 4 is 88.3 Å². The van der Waals surface area contributed by atoms with Gasteiger partial charge in [-0.2, -0.15) is 0 Å². The Morgan fingerprint density at radius 1 is 0.343 bits per heavy atom. The van der Waals surface area contributed by atoms with Crippen molar-refractivity contribution < 1.29 is 16.3 Å². The quantitative estimate of drug-likeness (QED) is 0.130. The summed E-state index contributed by atoms with van der Waals surface area (Å²) >= 11 is 0. The van der Waals surface area contributed by atoms with Crippen molar-refractivity contribution in [2.45, 2.75) is 0 Å². The lowest BCUT2D eigenvalue weighted by Gasteiger charge is -2.34. The Hall–Kier alpha value is -8.80. The van der Waals surface area contributed by atoms with E-state index in [2.05, 4.69) is 155 Å². The summed E-state index contributed by atoms with van der Waals surface area (Å²) in [4.78, 5) is 0. The monoisotopic (exact) mass is 857 g/mol. The van der Waals surface area contributed by atoms with Crippen LogP contribution < -0.4 is 25.9 Å². The molecule has 2 aliphatic heterocycles. The van der Waals surface area contributed by atoms with Crippen LogP contribution in [0.15, 0.2) is 224 Å². The highest BCUT2D eigenvalue weighted by Gasteiger charge is 2.41. The highest BCUT2D eigenvalue weighted by Crippen LogP contribution is 2.47. The lowest BCUT2D eigenvalue weighted by atomic mass is 9.35. The van der Waals surface area contributed by atoms with Gasteiger partial charge in [0.25, 0.3) is 6.71 Å². The van der Waals surface area contributed by atoms with Crippen molar-refractivity contribution in [2.24, 2.45) is 0 Å². The fourth-order valence-electron chi connectivity index (χ4n) is 11.4. The maximum absolute atomic E-state index is 9.11. The molecule has 0 atom stereocenters. The molecule has 0 fully saturated rings. The van der Waals surface area contributed by atoms with Gasteiger partial charge in [-0.15, -0.1) is 0 Å². The maximum atomic E-state index is 9.11. The minimum absolute atomic E-state index is 0.168. The van der Waals surface area contributed by atoms with Crippen molar-refractivity contribution in [3.63, 3.8) is 0 Å². The summed E-state index contributed by atoms with van der Waals surface area (Å²) in [6.45, 7) is -0.226. The van der Waals surface area contributed by atoms with E-state index < -0.39 is 6.04 Å². The average Bonchev–Trinajstić information content (AvgIpc) is 3.94. The lowest BCUT2D eigenvalue weighted by Crippen LogP contribution is -2.57. The van der Waals surface area contributed by atoms with Gasteiger partial charge in [-0.25, -0.2) is 0 Å². The predicted molar refractivity (Wildman–Crippen MR) is 279 cm³/mol. The number of aromatic nitrogens is 2. The van der Waals surface area contributed by atoms with Gasteiger partial charge in [-0.05, 0) is 103 Å². The molecule has 2 aliphatic rings. The fourth-order valence-corrected chi connectivity index (χ4v) is 11.4. The summed E-state index contributed by atoms with van der Waals surface area (Å²) in [7, 11) is 0. The van der Waals surface area contributed by atoms with Crippen LogP contribution in [0.1, 0.15) is 6.85 Å². The molecular weight excluding hydrogens is 816 g/mol. The number of fused-ring (bicyclic) bond motifs is 12. The molecule has 0 saturated carbocycles. The normalized spacial score (nSPS) is 13.7. The minimum atomic E-state index is -0.423. The highest BCUT2D eigenvalue weighted by molar-refractivity contribution is 6.98. The first-order chi connectivity index (χ1) is 35.3. The van der Waals surface area contributed by atoms with Gasteiger partial charge in [0.15, 0.2) is 0 Å². The van der Waals surface area contributed by atoms with Crippen LogP contribution in [0.3, 0.4) is 0 Å². The molecule has 0 bridgehead atoms. The van der Waals surface area contributed by atoms with Crippen molar-refractivity contribution in [3.05, 3.63) is 224 Å². The van der Waals surface area contributed by atoms with Crippen LogP contribution in [0.2, 0.25) is 0 Å². The number of benzene rings is 11. The van der Waals surface area contributed by atoms with Gasteiger partial charge in [0, 0.05) is 50.5 Å². The third-order valence-electron chi connectivity index (χ3n) is 14.1. The Morgan fingerprint density at radius 3 is 1.10 bits per heavy atom. The highest BCUT2D eigenvalue weighted by atomic mass is 16.5. The van der Waals surface area contributed by atoms with E-state index in [1.165, 1.54) is 21.5 Å². The molecule has 4 nitrogen and oxygen atoms in total. The fraction of sp³-hybridized carbons (Fsp3) is 0. The molecule has 2 aromatic heterocycles. The summed E-state index contributed by atoms with van der Waals surface area (Å²) in [5.74, 6) is 2.86. The summed E-state index contributed by atoms with van der Waals surface area (Å²) in [6, 6.07) is 65.8. The van der Waals surface area contributed by atoms with Gasteiger partial charge in [-0.3, -0.25) is 0 Å². The van der Waals surface area contributed by atoms with Crippen LogP contribution in [0.25, 0.3) is 98.8 Å². The lowest BCUT2D eigenvalue weighted by molar-refractivity contribution is 0.465. The van der Waals surface area contributed by atoms with E-state index in [1.807, 2.05) is 48.5 Å². The summed E-state index contributed by atoms with van der Waals surface area (Å²) < 4.78 is 63.0. The third kappa shape index (κ3) is 5.19. The molecule has 310 valence electrons. The second-order valence-electron chi connectivity index (χ2n) is 17.5. The molecule has 0 amide bonds. The zero-order chi connectivity index (χ0) is 48.1. The Morgan fingerprint density at radius 2 is 0.701 bits per heavy atom. The molecule has 0 aliphatic carbocycles. The van der Waals surface area contributed by atoms with Gasteiger partial charge in [0.05, 0.1) is 28.9 Å². The zero-order valence-electron chi connectivity index (χ0n) is 40.8. The molecule has 5 heteroatoms. The Labute approximate surface area is 393 Å². The largest absolute Gasteiger partial charge is 0.458 e. The number of ether oxygens (including phenoxy) is 2. The SMILES string of the molecule is [2H]c1c([2H])c([2H])c(-c2c3ccccc3c(-c3cc4c5c(c3)Oc3cc(-n6c7ccccc7c7ccccc76)ccc3B5c3ccc(-n5c6ccccc6c6ccccc65)cc3O4)c3ccccc23)c([2H])c1[2H]. The van der Waals surface area contributed by atoms with E-state index in [4.69, 9.17) is 16.3 Å². The second kappa shape index (κ2) is 13.9. The first kappa shape index (κ1) is 32.0. The molecule has 0 spiro atoms. The van der Waals surface area contributed by atoms with Crippen LogP contribution in [-0.2, 0) is 0 Å². The Bertz CT molecular complexity index is 4180. The number of hydrogen-bond donors (Lipinski definition) is 0. The number of hydrogen-bond acceptors (Lipinski definition) is 2. The molecule has 0 radical (unpaired) electrons. The molecule has 11 aromatic carbocycles. The smallest absolute Gasteiger partial charge is 0.260 e. The Balaban J connectivity index is 0.987. The zero-order valence-corrected chi connectivity index (χ0v) is 35.8. The van der Waals surface area contributed by atoms with Crippen molar-refractivity contribution in [1.29, 1.82) is 0 Å². The first-order valence-electron chi connectivity index (χ1n) is 25.1. The number of rotatable bonds is 4. The molecule has 4 heterocycles. The molecule has 13 aromatic rings. The third-order valence-corrected chi connectivity index (χ3v) is 14.1. The van der Waals surface area contributed by atoms with E-state index in [0.29, 0.717) is 17.1 Å². The first-order valence-corrected chi connectivity index (χ1v) is 22.6. The van der Waals surface area contributed by atoms with E-state index in [-0.39, 0.29) is 36.4 Å². The van der Waals surface area contributed by atoms with Crippen LogP contribution >= 0.6 is 0 Å². The van der Waals surface area contributed by atoms with Gasteiger partial charge >= 0.3 is 0 Å². The van der Waals surface area contributed by atoms with Gasteiger partial charge in [-0.1, -0.05) is 164 Å². The van der Waals surface area contributed by atoms with Crippen LogP contribution in [-0.4, -0.2) is 15.8 Å².